The molecule has 6 nitrogen and oxygen atoms in total. The van der Waals surface area contributed by atoms with Crippen molar-refractivity contribution in [3.05, 3.63) is 60.2 Å². The molecule has 0 aliphatic rings. The third kappa shape index (κ3) is 5.46. The number of hydrogen-bond donors (Lipinski definition) is 2. The van der Waals surface area contributed by atoms with Gasteiger partial charge in [0.1, 0.15) is 0 Å². The second-order valence-corrected chi connectivity index (χ2v) is 5.28. The van der Waals surface area contributed by atoms with Crippen LogP contribution in [0.1, 0.15) is 19.4 Å². The highest BCUT2D eigenvalue weighted by Crippen LogP contribution is 2.13. The second kappa shape index (κ2) is 9.22. The summed E-state index contributed by atoms with van der Waals surface area (Å²) in [5.41, 5.74) is 4.74. The van der Waals surface area contributed by atoms with Crippen LogP contribution in [0, 0.1) is 0 Å². The van der Waals surface area contributed by atoms with Gasteiger partial charge in [-0.3, -0.25) is 9.59 Å². The maximum Gasteiger partial charge on any atom is 0.329 e. The van der Waals surface area contributed by atoms with Crippen LogP contribution in [0.25, 0.3) is 0 Å². The zero-order valence-corrected chi connectivity index (χ0v) is 14.4. The molecule has 0 aromatic heterocycles. The first-order valence-electron chi connectivity index (χ1n) is 8.18. The van der Waals surface area contributed by atoms with Gasteiger partial charge in [-0.05, 0) is 43.7 Å². The first-order chi connectivity index (χ1) is 12.1. The maximum atomic E-state index is 11.7. The summed E-state index contributed by atoms with van der Waals surface area (Å²) in [5.74, 6) is -1.58. The van der Waals surface area contributed by atoms with Crippen LogP contribution in [0.15, 0.2) is 59.7 Å². The van der Waals surface area contributed by atoms with Crippen molar-refractivity contribution in [3.8, 4) is 0 Å². The number of para-hydroxylation sites is 1. The zero-order chi connectivity index (χ0) is 18.1. The smallest absolute Gasteiger partial charge is 0.329 e. The molecule has 130 valence electrons. The van der Waals surface area contributed by atoms with E-state index in [2.05, 4.69) is 34.6 Å². The molecule has 0 unspecified atom stereocenters. The largest absolute Gasteiger partial charge is 0.372 e. The van der Waals surface area contributed by atoms with Gasteiger partial charge >= 0.3 is 11.8 Å². The molecule has 0 atom stereocenters. The minimum Gasteiger partial charge on any atom is -0.372 e. The highest BCUT2D eigenvalue weighted by atomic mass is 16.2. The number of anilines is 2. The molecular formula is C19H22N4O2. The number of rotatable bonds is 6. The normalized spacial score (nSPS) is 10.5. The Labute approximate surface area is 147 Å². The predicted octanol–water partition coefficient (Wildman–Crippen LogP) is 2.62. The van der Waals surface area contributed by atoms with Gasteiger partial charge < -0.3 is 10.2 Å². The van der Waals surface area contributed by atoms with Gasteiger partial charge in [0.15, 0.2) is 0 Å². The third-order valence-electron chi connectivity index (χ3n) is 3.64. The fraction of sp³-hybridized carbons (Fsp3) is 0.211. The molecule has 2 amide bonds. The van der Waals surface area contributed by atoms with E-state index in [4.69, 9.17) is 0 Å². The molecule has 0 heterocycles. The molecule has 2 N–H and O–H groups in total. The van der Waals surface area contributed by atoms with Crippen molar-refractivity contribution in [1.29, 1.82) is 0 Å². The average Bonchev–Trinajstić information content (AvgIpc) is 2.64. The van der Waals surface area contributed by atoms with Crippen molar-refractivity contribution in [1.82, 2.24) is 5.43 Å². The molecule has 0 fully saturated rings. The molecule has 2 aromatic rings. The van der Waals surface area contributed by atoms with Gasteiger partial charge in [0.2, 0.25) is 0 Å². The van der Waals surface area contributed by atoms with Crippen LogP contribution in [-0.2, 0) is 9.59 Å². The Morgan fingerprint density at radius 2 is 1.60 bits per heavy atom. The van der Waals surface area contributed by atoms with Gasteiger partial charge in [0.25, 0.3) is 0 Å². The second-order valence-electron chi connectivity index (χ2n) is 5.28. The van der Waals surface area contributed by atoms with E-state index in [1.54, 1.807) is 24.3 Å². The van der Waals surface area contributed by atoms with Crippen molar-refractivity contribution >= 4 is 29.4 Å². The third-order valence-corrected chi connectivity index (χ3v) is 3.64. The quantitative estimate of drug-likeness (QED) is 0.483. The average molecular weight is 338 g/mol. The van der Waals surface area contributed by atoms with E-state index < -0.39 is 11.8 Å². The molecule has 0 saturated carbocycles. The first kappa shape index (κ1) is 18.2. The monoisotopic (exact) mass is 338 g/mol. The molecule has 0 spiro atoms. The van der Waals surface area contributed by atoms with E-state index in [1.807, 2.05) is 30.3 Å². The van der Waals surface area contributed by atoms with Crippen LogP contribution in [0.2, 0.25) is 0 Å². The molecule has 0 radical (unpaired) electrons. The fourth-order valence-electron chi connectivity index (χ4n) is 2.29. The molecule has 25 heavy (non-hydrogen) atoms. The summed E-state index contributed by atoms with van der Waals surface area (Å²) in [6, 6.07) is 16.6. The highest BCUT2D eigenvalue weighted by molar-refractivity contribution is 6.39. The van der Waals surface area contributed by atoms with Crippen LogP contribution in [0.4, 0.5) is 11.4 Å². The minimum atomic E-state index is -0.820. The van der Waals surface area contributed by atoms with Crippen molar-refractivity contribution < 1.29 is 9.59 Å². The van der Waals surface area contributed by atoms with Crippen LogP contribution in [0.5, 0.6) is 0 Å². The number of carbonyl (C=O) groups excluding carboxylic acids is 2. The Morgan fingerprint density at radius 3 is 2.20 bits per heavy atom. The van der Waals surface area contributed by atoms with E-state index in [1.165, 1.54) is 6.21 Å². The fourth-order valence-corrected chi connectivity index (χ4v) is 2.29. The molecule has 0 bridgehead atoms. The van der Waals surface area contributed by atoms with Gasteiger partial charge in [-0.1, -0.05) is 30.3 Å². The number of hydrazone groups is 1. The Morgan fingerprint density at radius 1 is 0.960 bits per heavy atom. The van der Waals surface area contributed by atoms with Crippen LogP contribution >= 0.6 is 0 Å². The lowest BCUT2D eigenvalue weighted by Crippen LogP contribution is -2.32. The number of nitrogens with one attached hydrogen (secondary N) is 2. The van der Waals surface area contributed by atoms with Crippen LogP contribution < -0.4 is 15.6 Å². The number of carbonyl (C=O) groups is 2. The summed E-state index contributed by atoms with van der Waals surface area (Å²) >= 11 is 0. The lowest BCUT2D eigenvalue weighted by molar-refractivity contribution is -0.136. The number of hydrogen-bond acceptors (Lipinski definition) is 4. The Balaban J connectivity index is 1.87. The summed E-state index contributed by atoms with van der Waals surface area (Å²) in [7, 11) is 0. The summed E-state index contributed by atoms with van der Waals surface area (Å²) in [5, 5.41) is 6.31. The highest BCUT2D eigenvalue weighted by Gasteiger charge is 2.12. The van der Waals surface area contributed by atoms with Gasteiger partial charge in [0.05, 0.1) is 6.21 Å². The standard InChI is InChI=1S/C19H22N4O2/c1-3-23(4-2)17-12-10-15(11-13-17)14-20-22-19(25)18(24)21-16-8-6-5-7-9-16/h5-14H,3-4H2,1-2H3,(H,21,24)(H,22,25)/b20-14-. The van der Waals surface area contributed by atoms with Crippen LogP contribution in [-0.4, -0.2) is 31.1 Å². The molecule has 6 heteroatoms. The van der Waals surface area contributed by atoms with E-state index in [-0.39, 0.29) is 0 Å². The predicted molar refractivity (Wildman–Crippen MR) is 101 cm³/mol. The van der Waals surface area contributed by atoms with E-state index in [9.17, 15) is 9.59 Å². The molecule has 2 aromatic carbocycles. The molecule has 0 saturated heterocycles. The van der Waals surface area contributed by atoms with Crippen molar-refractivity contribution in [2.45, 2.75) is 13.8 Å². The van der Waals surface area contributed by atoms with Crippen molar-refractivity contribution in [2.75, 3.05) is 23.3 Å². The van der Waals surface area contributed by atoms with Gasteiger partial charge in [0, 0.05) is 24.5 Å². The number of amides is 2. The summed E-state index contributed by atoms with van der Waals surface area (Å²) in [6.07, 6.45) is 1.50. The summed E-state index contributed by atoms with van der Waals surface area (Å²) in [4.78, 5) is 25.7. The van der Waals surface area contributed by atoms with Crippen molar-refractivity contribution in [3.63, 3.8) is 0 Å². The number of nitrogens with zero attached hydrogens (tertiary/aromatic N) is 2. The van der Waals surface area contributed by atoms with Gasteiger partial charge in [-0.15, -0.1) is 0 Å². The molecular weight excluding hydrogens is 316 g/mol. The summed E-state index contributed by atoms with van der Waals surface area (Å²) < 4.78 is 0. The lowest BCUT2D eigenvalue weighted by Gasteiger charge is -2.20. The van der Waals surface area contributed by atoms with E-state index in [0.717, 1.165) is 24.3 Å². The van der Waals surface area contributed by atoms with Gasteiger partial charge in [-0.25, -0.2) is 5.43 Å². The zero-order valence-electron chi connectivity index (χ0n) is 14.4. The van der Waals surface area contributed by atoms with Crippen molar-refractivity contribution in [2.24, 2.45) is 5.10 Å². The topological polar surface area (TPSA) is 73.8 Å². The Hall–Kier alpha value is -3.15. The molecule has 2 rings (SSSR count). The lowest BCUT2D eigenvalue weighted by atomic mass is 10.2. The van der Waals surface area contributed by atoms with E-state index >= 15 is 0 Å². The number of benzene rings is 2. The first-order valence-corrected chi connectivity index (χ1v) is 8.18. The Bertz CT molecular complexity index is 723. The molecule has 0 aliphatic carbocycles. The molecule has 0 aliphatic heterocycles. The minimum absolute atomic E-state index is 0.554. The maximum absolute atomic E-state index is 11.7. The van der Waals surface area contributed by atoms with Crippen LogP contribution in [0.3, 0.4) is 0 Å². The van der Waals surface area contributed by atoms with Gasteiger partial charge in [-0.2, -0.15) is 5.10 Å². The summed E-state index contributed by atoms with van der Waals surface area (Å²) in [6.45, 7) is 6.09. The van der Waals surface area contributed by atoms with E-state index in [0.29, 0.717) is 5.69 Å². The SMILES string of the molecule is CCN(CC)c1ccc(/C=N\NC(=O)C(=O)Nc2ccccc2)cc1. The Kier molecular flexibility index (Phi) is 6.71.